The molecule has 0 saturated heterocycles. The zero-order valence-electron chi connectivity index (χ0n) is 12.9. The molecule has 0 bridgehead atoms. The van der Waals surface area contributed by atoms with Crippen molar-refractivity contribution in [1.29, 1.82) is 0 Å². The van der Waals surface area contributed by atoms with Crippen LogP contribution in [0.15, 0.2) is 53.4 Å². The molecule has 0 unspecified atom stereocenters. The predicted octanol–water partition coefficient (Wildman–Crippen LogP) is 3.50. The van der Waals surface area contributed by atoms with Crippen LogP contribution in [0.5, 0.6) is 5.75 Å². The van der Waals surface area contributed by atoms with E-state index in [4.69, 9.17) is 0 Å². The van der Waals surface area contributed by atoms with Gasteiger partial charge in [-0.3, -0.25) is 9.48 Å². The summed E-state index contributed by atoms with van der Waals surface area (Å²) in [5, 5.41) is 10.8. The molecule has 2 aromatic heterocycles. The summed E-state index contributed by atoms with van der Waals surface area (Å²) in [4.78, 5) is 12.2. The largest absolute Gasteiger partial charge is 0.573 e. The van der Waals surface area contributed by atoms with Gasteiger partial charge in [0, 0.05) is 18.1 Å². The van der Waals surface area contributed by atoms with Crippen molar-refractivity contribution in [2.24, 2.45) is 0 Å². The second kappa shape index (κ2) is 7.20. The smallest absolute Gasteiger partial charge is 0.406 e. The standard InChI is InChI=1S/C15H11BrF3N5O2/c16-10-7-20-24(8-10)9-23-6-5-13(22-23)14(25)21-11-1-3-12(4-2-11)26-15(17,18)19/h1-8H,9H2,(H,21,25). The molecule has 11 heteroatoms. The normalized spacial score (nSPS) is 11.4. The van der Waals surface area contributed by atoms with E-state index in [-0.39, 0.29) is 11.4 Å². The lowest BCUT2D eigenvalue weighted by Gasteiger charge is -2.09. The Labute approximate surface area is 153 Å². The van der Waals surface area contributed by atoms with Crippen LogP contribution in [0.25, 0.3) is 0 Å². The van der Waals surface area contributed by atoms with Crippen molar-refractivity contribution in [2.75, 3.05) is 5.32 Å². The van der Waals surface area contributed by atoms with Crippen molar-refractivity contribution < 1.29 is 22.7 Å². The number of carbonyl (C=O) groups excluding carboxylic acids is 1. The number of nitrogens with one attached hydrogen (secondary N) is 1. The molecular formula is C15H11BrF3N5O2. The first-order valence-corrected chi connectivity index (χ1v) is 7.96. The molecule has 1 aromatic carbocycles. The SMILES string of the molecule is O=C(Nc1ccc(OC(F)(F)F)cc1)c1ccn(Cn2cc(Br)cn2)n1. The number of hydrogen-bond acceptors (Lipinski definition) is 4. The summed E-state index contributed by atoms with van der Waals surface area (Å²) in [6.07, 6.45) is 0.238. The second-order valence-electron chi connectivity index (χ2n) is 5.11. The van der Waals surface area contributed by atoms with Crippen LogP contribution in [-0.2, 0) is 6.67 Å². The van der Waals surface area contributed by atoms with E-state index >= 15 is 0 Å². The van der Waals surface area contributed by atoms with Crippen molar-refractivity contribution in [3.05, 3.63) is 59.1 Å². The third-order valence-corrected chi connectivity index (χ3v) is 3.52. The van der Waals surface area contributed by atoms with Gasteiger partial charge in [0.1, 0.15) is 12.4 Å². The number of nitrogens with zero attached hydrogens (tertiary/aromatic N) is 4. The summed E-state index contributed by atoms with van der Waals surface area (Å²) in [6.45, 7) is 0.322. The zero-order chi connectivity index (χ0) is 18.7. The second-order valence-corrected chi connectivity index (χ2v) is 6.02. The van der Waals surface area contributed by atoms with Crippen LogP contribution in [-0.4, -0.2) is 31.8 Å². The lowest BCUT2D eigenvalue weighted by molar-refractivity contribution is -0.274. The number of benzene rings is 1. The highest BCUT2D eigenvalue weighted by Gasteiger charge is 2.30. The van der Waals surface area contributed by atoms with Gasteiger partial charge in [-0.15, -0.1) is 13.2 Å². The number of halogens is 4. The van der Waals surface area contributed by atoms with E-state index in [1.54, 1.807) is 23.3 Å². The number of amides is 1. The highest BCUT2D eigenvalue weighted by molar-refractivity contribution is 9.10. The molecule has 2 heterocycles. The van der Waals surface area contributed by atoms with Crippen molar-refractivity contribution in [3.63, 3.8) is 0 Å². The van der Waals surface area contributed by atoms with Gasteiger partial charge in [-0.05, 0) is 46.3 Å². The molecule has 7 nitrogen and oxygen atoms in total. The zero-order valence-corrected chi connectivity index (χ0v) is 14.5. The summed E-state index contributed by atoms with van der Waals surface area (Å²) in [5.41, 5.74) is 0.474. The highest BCUT2D eigenvalue weighted by atomic mass is 79.9. The number of aromatic nitrogens is 4. The maximum Gasteiger partial charge on any atom is 0.573 e. The monoisotopic (exact) mass is 429 g/mol. The van der Waals surface area contributed by atoms with E-state index in [1.165, 1.54) is 22.9 Å². The van der Waals surface area contributed by atoms with E-state index in [0.29, 0.717) is 12.4 Å². The fourth-order valence-corrected chi connectivity index (χ4v) is 2.39. The molecule has 0 aliphatic rings. The molecular weight excluding hydrogens is 419 g/mol. The average Bonchev–Trinajstić information content (AvgIpc) is 3.17. The van der Waals surface area contributed by atoms with Gasteiger partial charge < -0.3 is 10.1 Å². The van der Waals surface area contributed by atoms with Gasteiger partial charge in [0.15, 0.2) is 5.69 Å². The van der Waals surface area contributed by atoms with E-state index in [9.17, 15) is 18.0 Å². The van der Waals surface area contributed by atoms with Gasteiger partial charge in [0.05, 0.1) is 10.7 Å². The van der Waals surface area contributed by atoms with Crippen molar-refractivity contribution in [1.82, 2.24) is 19.6 Å². The number of alkyl halides is 3. The summed E-state index contributed by atoms with van der Waals surface area (Å²) < 4.78 is 44.1. The number of carbonyl (C=O) groups is 1. The first-order chi connectivity index (χ1) is 12.3. The maximum absolute atomic E-state index is 12.2. The highest BCUT2D eigenvalue weighted by Crippen LogP contribution is 2.24. The van der Waals surface area contributed by atoms with Crippen LogP contribution < -0.4 is 10.1 Å². The van der Waals surface area contributed by atoms with Crippen molar-refractivity contribution in [3.8, 4) is 5.75 Å². The molecule has 0 radical (unpaired) electrons. The minimum atomic E-state index is -4.76. The summed E-state index contributed by atoms with van der Waals surface area (Å²) >= 11 is 3.28. The van der Waals surface area contributed by atoms with Crippen LogP contribution in [0.1, 0.15) is 10.5 Å². The number of hydrogen-bond donors (Lipinski definition) is 1. The van der Waals surface area contributed by atoms with Gasteiger partial charge in [0.25, 0.3) is 5.91 Å². The third-order valence-electron chi connectivity index (χ3n) is 3.11. The Morgan fingerprint density at radius 1 is 1.19 bits per heavy atom. The summed E-state index contributed by atoms with van der Waals surface area (Å²) in [7, 11) is 0. The molecule has 136 valence electrons. The molecule has 0 spiro atoms. The van der Waals surface area contributed by atoms with Gasteiger partial charge >= 0.3 is 6.36 Å². The lowest BCUT2D eigenvalue weighted by atomic mass is 10.3. The molecule has 26 heavy (non-hydrogen) atoms. The van der Waals surface area contributed by atoms with Gasteiger partial charge in [0.2, 0.25) is 0 Å². The third kappa shape index (κ3) is 4.85. The van der Waals surface area contributed by atoms with Crippen LogP contribution in [0, 0.1) is 0 Å². The number of anilines is 1. The van der Waals surface area contributed by atoms with Crippen molar-refractivity contribution in [2.45, 2.75) is 13.0 Å². The van der Waals surface area contributed by atoms with Gasteiger partial charge in [-0.1, -0.05) is 0 Å². The molecule has 3 rings (SSSR count). The molecule has 0 fully saturated rings. The fraction of sp³-hybridized carbons (Fsp3) is 0.133. The average molecular weight is 430 g/mol. The fourth-order valence-electron chi connectivity index (χ4n) is 2.06. The van der Waals surface area contributed by atoms with E-state index < -0.39 is 12.3 Å². The Hall–Kier alpha value is -2.82. The van der Waals surface area contributed by atoms with Crippen LogP contribution in [0.3, 0.4) is 0 Å². The Kier molecular flexibility index (Phi) is 4.98. The Bertz CT molecular complexity index is 905. The molecule has 0 aliphatic carbocycles. The van der Waals surface area contributed by atoms with E-state index in [1.807, 2.05) is 0 Å². The Morgan fingerprint density at radius 2 is 1.92 bits per heavy atom. The topological polar surface area (TPSA) is 74.0 Å². The molecule has 3 aromatic rings. The first-order valence-electron chi connectivity index (χ1n) is 7.17. The van der Waals surface area contributed by atoms with Crippen molar-refractivity contribution >= 4 is 27.5 Å². The minimum absolute atomic E-state index is 0.159. The Balaban J connectivity index is 1.61. The van der Waals surface area contributed by atoms with Crippen LogP contribution >= 0.6 is 15.9 Å². The summed E-state index contributed by atoms with van der Waals surface area (Å²) in [5.74, 6) is -0.861. The molecule has 0 saturated carbocycles. The van der Waals surface area contributed by atoms with Crippen LogP contribution in [0.4, 0.5) is 18.9 Å². The number of ether oxygens (including phenoxy) is 1. The molecule has 0 atom stereocenters. The lowest BCUT2D eigenvalue weighted by Crippen LogP contribution is -2.17. The van der Waals surface area contributed by atoms with Gasteiger partial charge in [-0.25, -0.2) is 4.68 Å². The van der Waals surface area contributed by atoms with Crippen LogP contribution in [0.2, 0.25) is 0 Å². The van der Waals surface area contributed by atoms with E-state index in [2.05, 4.69) is 36.2 Å². The number of rotatable bonds is 5. The molecule has 1 amide bonds. The van der Waals surface area contributed by atoms with E-state index in [0.717, 1.165) is 16.6 Å². The Morgan fingerprint density at radius 3 is 2.54 bits per heavy atom. The maximum atomic E-state index is 12.2. The summed E-state index contributed by atoms with van der Waals surface area (Å²) in [6, 6.07) is 6.35. The quantitative estimate of drug-likeness (QED) is 0.673. The van der Waals surface area contributed by atoms with Gasteiger partial charge in [-0.2, -0.15) is 10.2 Å². The first kappa shape index (κ1) is 18.0. The molecule has 1 N–H and O–H groups in total. The minimum Gasteiger partial charge on any atom is -0.406 e. The predicted molar refractivity (Wildman–Crippen MR) is 88.6 cm³/mol. The molecule has 0 aliphatic heterocycles.